The van der Waals surface area contributed by atoms with Gasteiger partial charge >= 0.3 is 0 Å². The summed E-state index contributed by atoms with van der Waals surface area (Å²) in [7, 11) is 1.60. The molecular weight excluding hydrogens is 344 g/mol. The predicted octanol–water partition coefficient (Wildman–Crippen LogP) is 2.74. The second-order valence-corrected chi connectivity index (χ2v) is 7.30. The maximum absolute atomic E-state index is 13.2. The molecule has 6 nitrogen and oxygen atoms in total. The third-order valence-corrected chi connectivity index (χ3v) is 5.77. The summed E-state index contributed by atoms with van der Waals surface area (Å²) in [6, 6.07) is 7.11. The molecule has 1 atom stereocenters. The van der Waals surface area contributed by atoms with E-state index in [4.69, 9.17) is 9.47 Å². The third kappa shape index (κ3) is 3.46. The van der Waals surface area contributed by atoms with E-state index < -0.39 is 0 Å². The first kappa shape index (κ1) is 18.0. The summed E-state index contributed by atoms with van der Waals surface area (Å²) in [5.41, 5.74) is 3.09. The first-order valence-electron chi connectivity index (χ1n) is 9.74. The minimum Gasteiger partial charge on any atom is -0.497 e. The first-order valence-corrected chi connectivity index (χ1v) is 9.74. The highest BCUT2D eigenvalue weighted by molar-refractivity contribution is 6.21. The second kappa shape index (κ2) is 7.72. The number of hydrogen-bond donors (Lipinski definition) is 0. The Morgan fingerprint density at radius 2 is 1.74 bits per heavy atom. The molecule has 0 radical (unpaired) electrons. The Labute approximate surface area is 159 Å². The maximum atomic E-state index is 13.2. The maximum Gasteiger partial charge on any atom is 0.241 e. The molecule has 3 aliphatic rings. The largest absolute Gasteiger partial charge is 0.497 e. The van der Waals surface area contributed by atoms with E-state index in [2.05, 4.69) is 4.90 Å². The molecule has 0 aromatic heterocycles. The molecule has 1 aromatic carbocycles. The zero-order valence-corrected chi connectivity index (χ0v) is 15.8. The number of hydrogen-bond acceptors (Lipinski definition) is 5. The zero-order chi connectivity index (χ0) is 18.8. The number of imide groups is 1. The number of anilines is 1. The van der Waals surface area contributed by atoms with Crippen LogP contribution in [0.3, 0.4) is 0 Å². The number of rotatable bonds is 4. The lowest BCUT2D eigenvalue weighted by molar-refractivity contribution is -0.121. The van der Waals surface area contributed by atoms with Crippen molar-refractivity contribution in [1.82, 2.24) is 4.90 Å². The SMILES string of the molecule is COc1ccc(N2C(=O)C[C@@H](C3=C(N4CCOCC4)CCCC3)C2=O)cc1. The van der Waals surface area contributed by atoms with Gasteiger partial charge in [0, 0.05) is 25.2 Å². The number of ether oxygens (including phenoxy) is 2. The van der Waals surface area contributed by atoms with Crippen molar-refractivity contribution in [2.24, 2.45) is 5.92 Å². The van der Waals surface area contributed by atoms with Crippen LogP contribution in [0.2, 0.25) is 0 Å². The van der Waals surface area contributed by atoms with Gasteiger partial charge < -0.3 is 14.4 Å². The second-order valence-electron chi connectivity index (χ2n) is 7.30. The van der Waals surface area contributed by atoms with Crippen molar-refractivity contribution in [2.75, 3.05) is 38.3 Å². The molecule has 0 unspecified atom stereocenters. The van der Waals surface area contributed by atoms with Gasteiger partial charge in [0.1, 0.15) is 5.75 Å². The zero-order valence-electron chi connectivity index (χ0n) is 15.8. The van der Waals surface area contributed by atoms with E-state index in [1.807, 2.05) is 0 Å². The Balaban J connectivity index is 1.62. The predicted molar refractivity (Wildman–Crippen MR) is 101 cm³/mol. The summed E-state index contributed by atoms with van der Waals surface area (Å²) in [5.74, 6) is 0.180. The van der Waals surface area contributed by atoms with Crippen molar-refractivity contribution >= 4 is 17.5 Å². The molecule has 27 heavy (non-hydrogen) atoms. The van der Waals surface area contributed by atoms with Gasteiger partial charge in [-0.3, -0.25) is 14.5 Å². The van der Waals surface area contributed by atoms with Crippen LogP contribution in [0.5, 0.6) is 5.75 Å². The molecule has 4 rings (SSSR count). The van der Waals surface area contributed by atoms with Crippen molar-refractivity contribution < 1.29 is 19.1 Å². The van der Waals surface area contributed by atoms with Gasteiger partial charge in [-0.2, -0.15) is 0 Å². The Morgan fingerprint density at radius 3 is 2.44 bits per heavy atom. The lowest BCUT2D eigenvalue weighted by atomic mass is 9.85. The highest BCUT2D eigenvalue weighted by atomic mass is 16.5. The summed E-state index contributed by atoms with van der Waals surface area (Å²) in [6.07, 6.45) is 4.41. The van der Waals surface area contributed by atoms with Crippen LogP contribution in [0, 0.1) is 5.92 Å². The lowest BCUT2D eigenvalue weighted by Crippen LogP contribution is -2.38. The van der Waals surface area contributed by atoms with E-state index in [1.54, 1.807) is 31.4 Å². The number of methoxy groups -OCH3 is 1. The minimum atomic E-state index is -0.322. The van der Waals surface area contributed by atoms with Crippen molar-refractivity contribution in [3.63, 3.8) is 0 Å². The van der Waals surface area contributed by atoms with Crippen molar-refractivity contribution in [2.45, 2.75) is 32.1 Å². The monoisotopic (exact) mass is 370 g/mol. The third-order valence-electron chi connectivity index (χ3n) is 5.77. The normalized spacial score (nSPS) is 24.0. The standard InChI is InChI=1S/C21H26N2O4/c1-26-16-8-6-15(7-9-16)23-20(24)14-18(21(23)25)17-4-2-3-5-19(17)22-10-12-27-13-11-22/h6-9,18H,2-5,10-14H2,1H3/t18-/m0/s1. The fourth-order valence-corrected chi connectivity index (χ4v) is 4.39. The number of carbonyl (C=O) groups excluding carboxylic acids is 2. The smallest absolute Gasteiger partial charge is 0.241 e. The molecule has 2 saturated heterocycles. The van der Waals surface area contributed by atoms with Gasteiger partial charge in [-0.05, 0) is 55.5 Å². The summed E-state index contributed by atoms with van der Waals surface area (Å²) in [4.78, 5) is 29.6. The average Bonchev–Trinajstić information content (AvgIpc) is 3.02. The highest BCUT2D eigenvalue weighted by Crippen LogP contribution is 2.39. The molecule has 6 heteroatoms. The van der Waals surface area contributed by atoms with Gasteiger partial charge in [0.25, 0.3) is 0 Å². The number of benzene rings is 1. The molecule has 2 fully saturated rings. The molecule has 2 aliphatic heterocycles. The first-order chi connectivity index (χ1) is 13.2. The Morgan fingerprint density at radius 1 is 1.04 bits per heavy atom. The van der Waals surface area contributed by atoms with Gasteiger partial charge in [0.05, 0.1) is 31.9 Å². The number of nitrogens with zero attached hydrogens (tertiary/aromatic N) is 2. The average molecular weight is 370 g/mol. The number of carbonyl (C=O) groups is 2. The molecule has 0 saturated carbocycles. The van der Waals surface area contributed by atoms with Gasteiger partial charge in [-0.25, -0.2) is 0 Å². The molecule has 0 spiro atoms. The van der Waals surface area contributed by atoms with Crippen LogP contribution >= 0.6 is 0 Å². The fraction of sp³-hybridized carbons (Fsp3) is 0.524. The fourth-order valence-electron chi connectivity index (χ4n) is 4.39. The van der Waals surface area contributed by atoms with E-state index in [0.29, 0.717) is 11.4 Å². The quantitative estimate of drug-likeness (QED) is 0.763. The Bertz CT molecular complexity index is 750. The van der Waals surface area contributed by atoms with Crippen molar-refractivity contribution in [3.05, 3.63) is 35.5 Å². The minimum absolute atomic E-state index is 0.0900. The van der Waals surface area contributed by atoms with Gasteiger partial charge in [-0.15, -0.1) is 0 Å². The van der Waals surface area contributed by atoms with Crippen LogP contribution in [0.15, 0.2) is 35.5 Å². The number of allylic oxidation sites excluding steroid dienone is 1. The molecule has 2 heterocycles. The highest BCUT2D eigenvalue weighted by Gasteiger charge is 2.43. The molecule has 144 valence electrons. The van der Waals surface area contributed by atoms with Crippen LogP contribution in [-0.2, 0) is 14.3 Å². The number of amides is 2. The van der Waals surface area contributed by atoms with E-state index >= 15 is 0 Å². The van der Waals surface area contributed by atoms with Gasteiger partial charge in [-0.1, -0.05) is 0 Å². The van der Waals surface area contributed by atoms with Crippen molar-refractivity contribution in [1.29, 1.82) is 0 Å². The van der Waals surface area contributed by atoms with Gasteiger partial charge in [0.15, 0.2) is 0 Å². The summed E-state index contributed by atoms with van der Waals surface area (Å²) in [5, 5.41) is 0. The Kier molecular flexibility index (Phi) is 5.16. The summed E-state index contributed by atoms with van der Waals surface area (Å²) >= 11 is 0. The Hall–Kier alpha value is -2.34. The van der Waals surface area contributed by atoms with Gasteiger partial charge in [0.2, 0.25) is 11.8 Å². The van der Waals surface area contributed by atoms with E-state index in [1.165, 1.54) is 16.2 Å². The number of morpholine rings is 1. The van der Waals surface area contributed by atoms with E-state index in [9.17, 15) is 9.59 Å². The molecule has 2 amide bonds. The summed E-state index contributed by atoms with van der Waals surface area (Å²) < 4.78 is 10.7. The summed E-state index contributed by atoms with van der Waals surface area (Å²) in [6.45, 7) is 3.20. The van der Waals surface area contributed by atoms with E-state index in [-0.39, 0.29) is 24.2 Å². The van der Waals surface area contributed by atoms with Crippen LogP contribution in [0.25, 0.3) is 0 Å². The molecular formula is C21H26N2O4. The molecule has 1 aromatic rings. The van der Waals surface area contributed by atoms with Crippen LogP contribution < -0.4 is 9.64 Å². The van der Waals surface area contributed by atoms with Crippen LogP contribution in [-0.4, -0.2) is 50.1 Å². The van der Waals surface area contributed by atoms with E-state index in [0.717, 1.165) is 52.0 Å². The molecule has 0 N–H and O–H groups in total. The van der Waals surface area contributed by atoms with Crippen LogP contribution in [0.4, 0.5) is 5.69 Å². The molecule has 0 bridgehead atoms. The topological polar surface area (TPSA) is 59.1 Å². The molecule has 1 aliphatic carbocycles. The lowest BCUT2D eigenvalue weighted by Gasteiger charge is -2.36. The van der Waals surface area contributed by atoms with Crippen LogP contribution in [0.1, 0.15) is 32.1 Å². The van der Waals surface area contributed by atoms with Crippen molar-refractivity contribution in [3.8, 4) is 5.75 Å².